The molecule has 1 amide bonds. The molecule has 0 saturated carbocycles. The number of thioether (sulfide) groups is 1. The number of nitrogens with zero attached hydrogens (tertiary/aromatic N) is 3. The van der Waals surface area contributed by atoms with E-state index in [-0.39, 0.29) is 5.91 Å². The molecule has 3 rings (SSSR count). The molecule has 0 aliphatic carbocycles. The second-order valence-corrected chi connectivity index (χ2v) is 8.18. The Kier molecular flexibility index (Phi) is 6.06. The van der Waals surface area contributed by atoms with Crippen LogP contribution < -0.4 is 4.90 Å². The van der Waals surface area contributed by atoms with Gasteiger partial charge in [0.05, 0.1) is 6.04 Å². The van der Waals surface area contributed by atoms with Crippen molar-refractivity contribution in [1.82, 2.24) is 9.80 Å². The van der Waals surface area contributed by atoms with E-state index in [0.29, 0.717) is 6.04 Å². The summed E-state index contributed by atoms with van der Waals surface area (Å²) in [5.74, 6) is 2.43. The standard InChI is InChI=1S/C19H29N3OS/c1-20(2)17-8-5-7-16(13-17)19(23)22-11-6-12-24-15-18(22)14-21-9-3-4-10-21/h5,7-8,13,18H,3-4,6,9-12,14-15H2,1-2H3/t18-/m1/s1. The van der Waals surface area contributed by atoms with E-state index in [4.69, 9.17) is 0 Å². The van der Waals surface area contributed by atoms with E-state index in [2.05, 4.69) is 20.8 Å². The van der Waals surface area contributed by atoms with Gasteiger partial charge < -0.3 is 14.7 Å². The fraction of sp³-hybridized carbons (Fsp3) is 0.632. The Bertz CT molecular complexity index is 557. The molecule has 2 aliphatic rings. The van der Waals surface area contributed by atoms with Gasteiger partial charge in [-0.1, -0.05) is 6.07 Å². The predicted octanol–water partition coefficient (Wildman–Crippen LogP) is 2.80. The first-order valence-corrected chi connectivity index (χ1v) is 10.2. The lowest BCUT2D eigenvalue weighted by Gasteiger charge is -2.33. The number of carbonyl (C=O) groups is 1. The zero-order valence-electron chi connectivity index (χ0n) is 14.9. The van der Waals surface area contributed by atoms with E-state index < -0.39 is 0 Å². The van der Waals surface area contributed by atoms with Gasteiger partial charge in [0.1, 0.15) is 0 Å². The van der Waals surface area contributed by atoms with Gasteiger partial charge in [0.2, 0.25) is 0 Å². The highest BCUT2D eigenvalue weighted by Crippen LogP contribution is 2.22. The molecule has 0 spiro atoms. The summed E-state index contributed by atoms with van der Waals surface area (Å²) in [6, 6.07) is 8.36. The molecule has 0 unspecified atom stereocenters. The van der Waals surface area contributed by atoms with E-state index in [1.54, 1.807) is 0 Å². The first-order valence-electron chi connectivity index (χ1n) is 9.03. The summed E-state index contributed by atoms with van der Waals surface area (Å²) in [6.07, 6.45) is 3.71. The van der Waals surface area contributed by atoms with Crippen LogP contribution in [0, 0.1) is 0 Å². The van der Waals surface area contributed by atoms with Crippen molar-refractivity contribution >= 4 is 23.4 Å². The third-order valence-electron chi connectivity index (χ3n) is 4.98. The number of likely N-dealkylation sites (tertiary alicyclic amines) is 1. The van der Waals surface area contributed by atoms with Gasteiger partial charge in [-0.15, -0.1) is 0 Å². The van der Waals surface area contributed by atoms with Gasteiger partial charge in [-0.05, 0) is 56.3 Å². The summed E-state index contributed by atoms with van der Waals surface area (Å²) in [4.78, 5) is 19.9. The number of amides is 1. The molecule has 132 valence electrons. The summed E-state index contributed by atoms with van der Waals surface area (Å²) < 4.78 is 0. The quantitative estimate of drug-likeness (QED) is 0.837. The molecule has 2 saturated heterocycles. The third-order valence-corrected chi connectivity index (χ3v) is 6.17. The van der Waals surface area contributed by atoms with E-state index in [1.165, 1.54) is 25.9 Å². The van der Waals surface area contributed by atoms with Crippen LogP contribution in [0.1, 0.15) is 29.6 Å². The van der Waals surface area contributed by atoms with Crippen LogP contribution in [0.15, 0.2) is 24.3 Å². The summed E-state index contributed by atoms with van der Waals surface area (Å²) in [5, 5.41) is 0. The van der Waals surface area contributed by atoms with Crippen LogP contribution in [0.2, 0.25) is 0 Å². The van der Waals surface area contributed by atoms with Gasteiger partial charge in [0, 0.05) is 44.2 Å². The Labute approximate surface area is 150 Å². The fourth-order valence-corrected chi connectivity index (χ4v) is 4.65. The minimum absolute atomic E-state index is 0.199. The third kappa shape index (κ3) is 4.25. The summed E-state index contributed by atoms with van der Waals surface area (Å²) in [7, 11) is 4.03. The first-order chi connectivity index (χ1) is 11.6. The molecular weight excluding hydrogens is 318 g/mol. The molecule has 0 aromatic heterocycles. The minimum Gasteiger partial charge on any atom is -0.378 e. The molecule has 1 aromatic carbocycles. The number of rotatable bonds is 4. The summed E-state index contributed by atoms with van der Waals surface area (Å²) >= 11 is 2.00. The Morgan fingerprint density at radius 2 is 2.00 bits per heavy atom. The summed E-state index contributed by atoms with van der Waals surface area (Å²) in [5.41, 5.74) is 1.90. The van der Waals surface area contributed by atoms with Gasteiger partial charge in [-0.2, -0.15) is 11.8 Å². The van der Waals surface area contributed by atoms with E-state index in [1.807, 2.05) is 44.1 Å². The Hall–Kier alpha value is -1.20. The van der Waals surface area contributed by atoms with Crippen molar-refractivity contribution in [2.45, 2.75) is 25.3 Å². The van der Waals surface area contributed by atoms with E-state index >= 15 is 0 Å². The molecule has 5 heteroatoms. The maximum absolute atomic E-state index is 13.2. The fourth-order valence-electron chi connectivity index (χ4n) is 3.59. The van der Waals surface area contributed by atoms with Crippen molar-refractivity contribution in [3.05, 3.63) is 29.8 Å². The summed E-state index contributed by atoms with van der Waals surface area (Å²) in [6.45, 7) is 4.31. The topological polar surface area (TPSA) is 26.8 Å². The molecule has 1 atom stereocenters. The van der Waals surface area contributed by atoms with Crippen LogP contribution in [0.5, 0.6) is 0 Å². The predicted molar refractivity (Wildman–Crippen MR) is 103 cm³/mol. The molecule has 1 aromatic rings. The molecule has 2 heterocycles. The van der Waals surface area contributed by atoms with Crippen molar-refractivity contribution in [3.63, 3.8) is 0 Å². The average molecular weight is 348 g/mol. The zero-order valence-corrected chi connectivity index (χ0v) is 15.7. The highest BCUT2D eigenvalue weighted by molar-refractivity contribution is 7.99. The molecule has 4 nitrogen and oxygen atoms in total. The number of hydrogen-bond donors (Lipinski definition) is 0. The SMILES string of the molecule is CN(C)c1cccc(C(=O)N2CCCSC[C@H]2CN2CCCC2)c1. The largest absolute Gasteiger partial charge is 0.378 e. The normalized spacial score (nSPS) is 22.4. The lowest BCUT2D eigenvalue weighted by molar-refractivity contribution is 0.0666. The van der Waals surface area contributed by atoms with Crippen LogP contribution in [-0.2, 0) is 0 Å². The van der Waals surface area contributed by atoms with Crippen LogP contribution in [-0.4, -0.2) is 73.5 Å². The van der Waals surface area contributed by atoms with Crippen molar-refractivity contribution in [2.75, 3.05) is 56.7 Å². The van der Waals surface area contributed by atoms with Crippen molar-refractivity contribution in [1.29, 1.82) is 0 Å². The lowest BCUT2D eigenvalue weighted by atomic mass is 10.1. The van der Waals surface area contributed by atoms with Crippen LogP contribution in [0.4, 0.5) is 5.69 Å². The average Bonchev–Trinajstić information content (AvgIpc) is 2.99. The molecular formula is C19H29N3OS. The molecule has 24 heavy (non-hydrogen) atoms. The second kappa shape index (κ2) is 8.26. The maximum atomic E-state index is 13.2. The molecule has 0 N–H and O–H groups in total. The van der Waals surface area contributed by atoms with Crippen LogP contribution in [0.25, 0.3) is 0 Å². The van der Waals surface area contributed by atoms with Gasteiger partial charge in [0.15, 0.2) is 0 Å². The van der Waals surface area contributed by atoms with Crippen LogP contribution in [0.3, 0.4) is 0 Å². The van der Waals surface area contributed by atoms with Gasteiger partial charge in [-0.3, -0.25) is 4.79 Å². The van der Waals surface area contributed by atoms with Gasteiger partial charge >= 0.3 is 0 Å². The second-order valence-electron chi connectivity index (χ2n) is 7.03. The van der Waals surface area contributed by atoms with E-state index in [0.717, 1.165) is 42.3 Å². The lowest BCUT2D eigenvalue weighted by Crippen LogP contribution is -2.47. The van der Waals surface area contributed by atoms with Crippen molar-refractivity contribution in [2.24, 2.45) is 0 Å². The van der Waals surface area contributed by atoms with Gasteiger partial charge in [0.25, 0.3) is 5.91 Å². The monoisotopic (exact) mass is 347 g/mol. The minimum atomic E-state index is 0.199. The smallest absolute Gasteiger partial charge is 0.254 e. The maximum Gasteiger partial charge on any atom is 0.254 e. The number of anilines is 1. The Balaban J connectivity index is 1.77. The number of carbonyl (C=O) groups excluding carboxylic acids is 1. The van der Waals surface area contributed by atoms with Gasteiger partial charge in [-0.25, -0.2) is 0 Å². The Morgan fingerprint density at radius 1 is 1.21 bits per heavy atom. The molecule has 0 bridgehead atoms. The highest BCUT2D eigenvalue weighted by Gasteiger charge is 2.29. The highest BCUT2D eigenvalue weighted by atomic mass is 32.2. The van der Waals surface area contributed by atoms with Crippen LogP contribution >= 0.6 is 11.8 Å². The van der Waals surface area contributed by atoms with Crippen molar-refractivity contribution < 1.29 is 4.79 Å². The molecule has 2 fully saturated rings. The molecule has 0 radical (unpaired) electrons. The van der Waals surface area contributed by atoms with Crippen molar-refractivity contribution in [3.8, 4) is 0 Å². The number of hydrogen-bond acceptors (Lipinski definition) is 4. The number of benzene rings is 1. The van der Waals surface area contributed by atoms with E-state index in [9.17, 15) is 4.79 Å². The Morgan fingerprint density at radius 3 is 2.75 bits per heavy atom. The first kappa shape index (κ1) is 17.6. The molecule has 2 aliphatic heterocycles. The zero-order chi connectivity index (χ0) is 16.9.